The maximum Gasteiger partial charge on any atom is 0.0468 e. The van der Waals surface area contributed by atoms with Crippen LogP contribution in [0.4, 0.5) is 68.2 Å². The van der Waals surface area contributed by atoms with Crippen LogP contribution in [-0.4, -0.2) is 0 Å². The van der Waals surface area contributed by atoms with E-state index in [2.05, 4.69) is 287 Å². The first kappa shape index (κ1) is 37.9. The van der Waals surface area contributed by atoms with E-state index in [0.717, 1.165) is 68.2 Å². The third kappa shape index (κ3) is 7.89. The normalized spacial score (nSPS) is 10.9. The Balaban J connectivity index is 1.03. The van der Waals surface area contributed by atoms with E-state index in [-0.39, 0.29) is 0 Å². The maximum atomic E-state index is 2.35. The van der Waals surface area contributed by atoms with Crippen molar-refractivity contribution in [1.29, 1.82) is 0 Å². The Labute approximate surface area is 364 Å². The first-order valence-corrected chi connectivity index (χ1v) is 21.0. The van der Waals surface area contributed by atoms with Gasteiger partial charge in [-0.2, -0.15) is 0 Å². The van der Waals surface area contributed by atoms with Crippen LogP contribution in [0.2, 0.25) is 0 Å². The van der Waals surface area contributed by atoms with E-state index in [0.29, 0.717) is 0 Å². The van der Waals surface area contributed by atoms with Gasteiger partial charge in [0, 0.05) is 68.2 Å². The third-order valence-electron chi connectivity index (χ3n) is 11.2. The number of fused-ring (bicyclic) bond motifs is 1. The van der Waals surface area contributed by atoms with Crippen LogP contribution in [0.5, 0.6) is 0 Å². The molecule has 0 spiro atoms. The SMILES string of the molecule is c1ccc(N(c2ccccc2)c2ccc(N(c3ccccc3)c3ccc(N(c4ccc(N(c5ccccc5)c5ccccc5)cc4)c4ccc5ccccc5c4)cc3)cc2)cc1. The highest BCUT2D eigenvalue weighted by Crippen LogP contribution is 2.43. The van der Waals surface area contributed by atoms with Gasteiger partial charge in [-0.15, -0.1) is 0 Å². The summed E-state index contributed by atoms with van der Waals surface area (Å²) >= 11 is 0. The highest BCUT2D eigenvalue weighted by molar-refractivity contribution is 5.90. The molecule has 0 bridgehead atoms. The van der Waals surface area contributed by atoms with Crippen molar-refractivity contribution in [3.8, 4) is 0 Å². The smallest absolute Gasteiger partial charge is 0.0468 e. The highest BCUT2D eigenvalue weighted by atomic mass is 15.2. The van der Waals surface area contributed by atoms with Crippen LogP contribution in [0.1, 0.15) is 0 Å². The molecule has 10 rings (SSSR count). The van der Waals surface area contributed by atoms with E-state index < -0.39 is 0 Å². The van der Waals surface area contributed by atoms with Gasteiger partial charge in [0.1, 0.15) is 0 Å². The number of anilines is 12. The molecule has 10 aromatic carbocycles. The van der Waals surface area contributed by atoms with Crippen LogP contribution in [0, 0.1) is 0 Å². The molecule has 0 amide bonds. The molecule has 10 aromatic rings. The van der Waals surface area contributed by atoms with Crippen LogP contribution in [0.25, 0.3) is 10.8 Å². The Morgan fingerprint density at radius 1 is 0.145 bits per heavy atom. The Kier molecular flexibility index (Phi) is 10.7. The zero-order valence-corrected chi connectivity index (χ0v) is 34.2. The lowest BCUT2D eigenvalue weighted by atomic mass is 10.1. The summed E-state index contributed by atoms with van der Waals surface area (Å²) in [7, 11) is 0. The van der Waals surface area contributed by atoms with E-state index in [4.69, 9.17) is 0 Å². The van der Waals surface area contributed by atoms with Crippen LogP contribution >= 0.6 is 0 Å². The quantitative estimate of drug-likeness (QED) is 0.122. The summed E-state index contributed by atoms with van der Waals surface area (Å²) in [5.74, 6) is 0. The Morgan fingerprint density at radius 3 is 0.613 bits per heavy atom. The molecule has 0 radical (unpaired) electrons. The second-order valence-corrected chi connectivity index (χ2v) is 15.1. The van der Waals surface area contributed by atoms with Crippen LogP contribution in [0.3, 0.4) is 0 Å². The first-order valence-electron chi connectivity index (χ1n) is 21.0. The Morgan fingerprint density at radius 2 is 0.339 bits per heavy atom. The number of hydrogen-bond acceptors (Lipinski definition) is 4. The van der Waals surface area contributed by atoms with E-state index in [1.54, 1.807) is 0 Å². The minimum atomic E-state index is 1.06. The predicted octanol–water partition coefficient (Wildman–Crippen LogP) is 16.7. The van der Waals surface area contributed by atoms with Gasteiger partial charge in [-0.1, -0.05) is 121 Å². The molecule has 0 aliphatic heterocycles. The fourth-order valence-corrected chi connectivity index (χ4v) is 8.24. The van der Waals surface area contributed by atoms with Crippen molar-refractivity contribution in [2.75, 3.05) is 19.6 Å². The monoisotopic (exact) mass is 796 g/mol. The molecule has 0 aliphatic carbocycles. The second kappa shape index (κ2) is 17.5. The third-order valence-corrected chi connectivity index (χ3v) is 11.2. The Bertz CT molecular complexity index is 2900. The van der Waals surface area contributed by atoms with E-state index in [1.807, 2.05) is 0 Å². The highest BCUT2D eigenvalue weighted by Gasteiger charge is 2.19. The summed E-state index contributed by atoms with van der Waals surface area (Å²) in [5.41, 5.74) is 13.0. The molecular formula is C58H44N4. The Hall–Kier alpha value is -8.34. The number of hydrogen-bond donors (Lipinski definition) is 0. The zero-order chi connectivity index (χ0) is 41.5. The van der Waals surface area contributed by atoms with Crippen molar-refractivity contribution in [2.45, 2.75) is 0 Å². The van der Waals surface area contributed by atoms with E-state index in [1.165, 1.54) is 10.8 Å². The summed E-state index contributed by atoms with van der Waals surface area (Å²) in [4.78, 5) is 9.25. The van der Waals surface area contributed by atoms with Crippen molar-refractivity contribution in [2.24, 2.45) is 0 Å². The molecule has 0 fully saturated rings. The number of rotatable bonds is 12. The zero-order valence-electron chi connectivity index (χ0n) is 34.2. The summed E-state index contributed by atoms with van der Waals surface area (Å²) in [6, 6.07) is 94.7. The summed E-state index contributed by atoms with van der Waals surface area (Å²) < 4.78 is 0. The summed E-state index contributed by atoms with van der Waals surface area (Å²) in [5, 5.41) is 2.41. The van der Waals surface area contributed by atoms with Gasteiger partial charge in [-0.25, -0.2) is 0 Å². The average Bonchev–Trinajstić information content (AvgIpc) is 3.35. The van der Waals surface area contributed by atoms with Gasteiger partial charge >= 0.3 is 0 Å². The molecule has 0 saturated carbocycles. The largest absolute Gasteiger partial charge is 0.311 e. The van der Waals surface area contributed by atoms with Crippen molar-refractivity contribution in [3.05, 3.63) is 267 Å². The lowest BCUT2D eigenvalue weighted by Gasteiger charge is -2.30. The number of nitrogens with zero attached hydrogens (tertiary/aromatic N) is 4. The van der Waals surface area contributed by atoms with Crippen LogP contribution in [-0.2, 0) is 0 Å². The summed E-state index contributed by atoms with van der Waals surface area (Å²) in [6.07, 6.45) is 0. The minimum absolute atomic E-state index is 1.06. The van der Waals surface area contributed by atoms with Crippen LogP contribution in [0.15, 0.2) is 267 Å². The lowest BCUT2D eigenvalue weighted by Crippen LogP contribution is -2.13. The molecule has 296 valence electrons. The molecule has 4 heteroatoms. The predicted molar refractivity (Wildman–Crippen MR) is 263 cm³/mol. The fraction of sp³-hybridized carbons (Fsp3) is 0. The average molecular weight is 797 g/mol. The second-order valence-electron chi connectivity index (χ2n) is 15.1. The van der Waals surface area contributed by atoms with Gasteiger partial charge in [0.15, 0.2) is 0 Å². The van der Waals surface area contributed by atoms with Crippen molar-refractivity contribution in [1.82, 2.24) is 0 Å². The van der Waals surface area contributed by atoms with E-state index in [9.17, 15) is 0 Å². The van der Waals surface area contributed by atoms with Gasteiger partial charge in [0.2, 0.25) is 0 Å². The number of benzene rings is 10. The van der Waals surface area contributed by atoms with Crippen molar-refractivity contribution in [3.63, 3.8) is 0 Å². The van der Waals surface area contributed by atoms with E-state index >= 15 is 0 Å². The van der Waals surface area contributed by atoms with Gasteiger partial charge in [-0.3, -0.25) is 0 Å². The van der Waals surface area contributed by atoms with Crippen molar-refractivity contribution >= 4 is 79.0 Å². The maximum absolute atomic E-state index is 2.35. The molecular weight excluding hydrogens is 753 g/mol. The van der Waals surface area contributed by atoms with Gasteiger partial charge in [-0.05, 0) is 156 Å². The van der Waals surface area contributed by atoms with Gasteiger partial charge in [0.25, 0.3) is 0 Å². The van der Waals surface area contributed by atoms with Gasteiger partial charge in [0.05, 0.1) is 0 Å². The van der Waals surface area contributed by atoms with Crippen molar-refractivity contribution < 1.29 is 0 Å². The molecule has 0 aromatic heterocycles. The molecule has 0 atom stereocenters. The minimum Gasteiger partial charge on any atom is -0.311 e. The first-order chi connectivity index (χ1) is 30.8. The summed E-state index contributed by atoms with van der Waals surface area (Å²) in [6.45, 7) is 0. The molecule has 62 heavy (non-hydrogen) atoms. The lowest BCUT2D eigenvalue weighted by molar-refractivity contribution is 1.24. The van der Waals surface area contributed by atoms with Gasteiger partial charge < -0.3 is 19.6 Å². The molecule has 0 unspecified atom stereocenters. The van der Waals surface area contributed by atoms with Crippen LogP contribution < -0.4 is 19.6 Å². The molecule has 0 heterocycles. The topological polar surface area (TPSA) is 13.0 Å². The fourth-order valence-electron chi connectivity index (χ4n) is 8.24. The molecule has 0 aliphatic rings. The standard InChI is InChI=1S/C58H44N4/c1-6-20-47(21-7-1)59(48-22-8-2-9-23-48)52-32-34-54(35-33-52)61(51-28-14-5-15-29-51)55-38-42-57(43-39-55)62(58-31-30-45-18-16-17-19-46(45)44-58)56-40-36-53(37-41-56)60(49-24-10-3-11-25-49)50-26-12-4-13-27-50/h1-44H. The molecule has 0 saturated heterocycles. The number of para-hydroxylation sites is 5. The molecule has 4 nitrogen and oxygen atoms in total. The molecule has 0 N–H and O–H groups in total.